The second kappa shape index (κ2) is 5.67. The molecule has 3 rings (SSSR count). The lowest BCUT2D eigenvalue weighted by Gasteiger charge is -2.46. The summed E-state index contributed by atoms with van der Waals surface area (Å²) in [5, 5.41) is 0. The van der Waals surface area contributed by atoms with Crippen LogP contribution in [0.5, 0.6) is 0 Å². The Balaban J connectivity index is 1.97. The highest BCUT2D eigenvalue weighted by atomic mass is 16.5. The van der Waals surface area contributed by atoms with Crippen molar-refractivity contribution in [3.63, 3.8) is 0 Å². The van der Waals surface area contributed by atoms with Crippen molar-refractivity contribution in [3.8, 4) is 0 Å². The molecule has 1 aliphatic heterocycles. The molecule has 4 heteroatoms. The van der Waals surface area contributed by atoms with Gasteiger partial charge in [0.2, 0.25) is 5.91 Å². The molecule has 1 amide bonds. The van der Waals surface area contributed by atoms with Crippen molar-refractivity contribution in [2.45, 2.75) is 44.4 Å². The van der Waals surface area contributed by atoms with Crippen LogP contribution in [0, 0.1) is 0 Å². The molecule has 1 saturated heterocycles. The molecule has 22 heavy (non-hydrogen) atoms. The Morgan fingerprint density at radius 1 is 1.14 bits per heavy atom. The highest BCUT2D eigenvalue weighted by Crippen LogP contribution is 2.37. The van der Waals surface area contributed by atoms with E-state index in [1.54, 1.807) is 4.90 Å². The minimum absolute atomic E-state index is 0.166. The third-order valence-electron chi connectivity index (χ3n) is 4.91. The molecule has 0 spiro atoms. The summed E-state index contributed by atoms with van der Waals surface area (Å²) in [5.41, 5.74) is 2.17. The minimum atomic E-state index is -0.445. The lowest BCUT2D eigenvalue weighted by Crippen LogP contribution is -2.64. The monoisotopic (exact) mass is 302 g/mol. The number of likely N-dealkylation sites (N-methyl/N-ethyl adjacent to an activating group) is 1. The highest BCUT2D eigenvalue weighted by molar-refractivity contribution is 5.88. The van der Waals surface area contributed by atoms with Crippen LogP contribution >= 0.6 is 0 Å². The normalized spacial score (nSPS) is 27.5. The van der Waals surface area contributed by atoms with Gasteiger partial charge in [-0.05, 0) is 25.0 Å². The second-order valence-corrected chi connectivity index (χ2v) is 7.02. The van der Waals surface area contributed by atoms with Gasteiger partial charge in [-0.1, -0.05) is 24.3 Å². The van der Waals surface area contributed by atoms with Gasteiger partial charge in [-0.25, -0.2) is 0 Å². The van der Waals surface area contributed by atoms with Crippen LogP contribution in [0.25, 0.3) is 0 Å². The molecule has 4 nitrogen and oxygen atoms in total. The Morgan fingerprint density at radius 3 is 2.09 bits per heavy atom. The summed E-state index contributed by atoms with van der Waals surface area (Å²) in [7, 11) is 3.72. The fourth-order valence-corrected chi connectivity index (χ4v) is 4.05. The van der Waals surface area contributed by atoms with Crippen LogP contribution in [0.2, 0.25) is 0 Å². The van der Waals surface area contributed by atoms with Gasteiger partial charge in [0.15, 0.2) is 0 Å². The molecule has 1 aromatic carbocycles. The first-order valence-electron chi connectivity index (χ1n) is 8.11. The first-order valence-corrected chi connectivity index (χ1v) is 8.11. The predicted octanol–water partition coefficient (Wildman–Crippen LogP) is 1.72. The number of nitrogens with zero attached hydrogens (tertiary/aromatic N) is 2. The Morgan fingerprint density at radius 2 is 1.64 bits per heavy atom. The van der Waals surface area contributed by atoms with E-state index in [1.807, 2.05) is 14.1 Å². The van der Waals surface area contributed by atoms with Gasteiger partial charge >= 0.3 is 0 Å². The summed E-state index contributed by atoms with van der Waals surface area (Å²) in [6.45, 7) is 5.83. The molecule has 0 N–H and O–H groups in total. The van der Waals surface area contributed by atoms with Crippen LogP contribution in [0.3, 0.4) is 0 Å². The maximum atomic E-state index is 13.1. The van der Waals surface area contributed by atoms with E-state index >= 15 is 0 Å². The lowest BCUT2D eigenvalue weighted by molar-refractivity contribution is -0.152. The van der Waals surface area contributed by atoms with Crippen molar-refractivity contribution >= 4 is 5.91 Å². The minimum Gasteiger partial charge on any atom is -0.373 e. The quantitative estimate of drug-likeness (QED) is 0.834. The Hall–Kier alpha value is -1.39. The van der Waals surface area contributed by atoms with Crippen LogP contribution in [0.1, 0.15) is 25.0 Å². The van der Waals surface area contributed by atoms with Crippen LogP contribution in [-0.4, -0.2) is 60.6 Å². The number of hydrogen-bond donors (Lipinski definition) is 0. The second-order valence-electron chi connectivity index (χ2n) is 7.02. The smallest absolute Gasteiger partial charge is 0.243 e. The number of rotatable bonds is 2. The maximum Gasteiger partial charge on any atom is 0.243 e. The molecule has 120 valence electrons. The topological polar surface area (TPSA) is 32.8 Å². The van der Waals surface area contributed by atoms with Crippen molar-refractivity contribution in [1.82, 2.24) is 9.80 Å². The molecule has 0 bridgehead atoms. The average molecular weight is 302 g/mol. The summed E-state index contributed by atoms with van der Waals surface area (Å²) < 4.78 is 5.87. The zero-order chi connectivity index (χ0) is 15.9. The number of hydrogen-bond acceptors (Lipinski definition) is 3. The predicted molar refractivity (Wildman–Crippen MR) is 86.9 cm³/mol. The Labute approximate surface area is 133 Å². The van der Waals surface area contributed by atoms with E-state index in [0.29, 0.717) is 0 Å². The summed E-state index contributed by atoms with van der Waals surface area (Å²) >= 11 is 0. The average Bonchev–Trinajstić information content (AvgIpc) is 2.85. The summed E-state index contributed by atoms with van der Waals surface area (Å²) in [6, 6.07) is 8.46. The molecule has 1 heterocycles. The van der Waals surface area contributed by atoms with Crippen molar-refractivity contribution in [1.29, 1.82) is 0 Å². The molecule has 0 unspecified atom stereocenters. The molecule has 2 aliphatic rings. The first-order chi connectivity index (χ1) is 10.4. The van der Waals surface area contributed by atoms with Crippen molar-refractivity contribution in [2.24, 2.45) is 0 Å². The van der Waals surface area contributed by atoms with Gasteiger partial charge in [0, 0.05) is 40.0 Å². The van der Waals surface area contributed by atoms with Crippen LogP contribution < -0.4 is 0 Å². The van der Waals surface area contributed by atoms with Gasteiger partial charge in [-0.3, -0.25) is 9.69 Å². The van der Waals surface area contributed by atoms with Gasteiger partial charge in [0.05, 0.1) is 12.2 Å². The molecule has 0 saturated carbocycles. The van der Waals surface area contributed by atoms with E-state index in [1.165, 1.54) is 11.1 Å². The molecular formula is C18H26N2O2. The van der Waals surface area contributed by atoms with Crippen LogP contribution in [0.4, 0.5) is 0 Å². The third kappa shape index (κ3) is 2.55. The van der Waals surface area contributed by atoms with E-state index in [-0.39, 0.29) is 18.1 Å². The number of benzene rings is 1. The van der Waals surface area contributed by atoms with E-state index in [0.717, 1.165) is 25.9 Å². The molecule has 1 aliphatic carbocycles. The largest absolute Gasteiger partial charge is 0.373 e. The molecule has 0 aromatic heterocycles. The van der Waals surface area contributed by atoms with Crippen LogP contribution in [0.15, 0.2) is 24.3 Å². The summed E-state index contributed by atoms with van der Waals surface area (Å²) in [6.07, 6.45) is 1.94. The maximum absolute atomic E-state index is 13.1. The van der Waals surface area contributed by atoms with Gasteiger partial charge < -0.3 is 9.64 Å². The standard InChI is InChI=1S/C18H26N2O2/c1-13-11-20(12-14(2)22-13)18(17(21)19(3)4)9-15-7-5-6-8-16(15)10-18/h5-8,13-14H,9-12H2,1-4H3/t13-,14+. The number of fused-ring (bicyclic) bond motifs is 1. The van der Waals surface area contributed by atoms with Crippen molar-refractivity contribution in [2.75, 3.05) is 27.2 Å². The number of carbonyl (C=O) groups is 1. The molecule has 1 fully saturated rings. The summed E-state index contributed by atoms with van der Waals surface area (Å²) in [5.74, 6) is 0.213. The van der Waals surface area contributed by atoms with Crippen molar-refractivity contribution in [3.05, 3.63) is 35.4 Å². The zero-order valence-corrected chi connectivity index (χ0v) is 14.0. The number of morpholine rings is 1. The van der Waals surface area contributed by atoms with Gasteiger partial charge in [0.1, 0.15) is 5.54 Å². The number of ether oxygens (including phenoxy) is 1. The van der Waals surface area contributed by atoms with E-state index in [2.05, 4.69) is 43.0 Å². The van der Waals surface area contributed by atoms with E-state index in [9.17, 15) is 4.79 Å². The molecule has 0 radical (unpaired) electrons. The van der Waals surface area contributed by atoms with Crippen molar-refractivity contribution < 1.29 is 9.53 Å². The summed E-state index contributed by atoms with van der Waals surface area (Å²) in [4.78, 5) is 17.2. The Bertz CT molecular complexity index is 535. The van der Waals surface area contributed by atoms with E-state index < -0.39 is 5.54 Å². The van der Waals surface area contributed by atoms with Gasteiger partial charge in [-0.15, -0.1) is 0 Å². The fourth-order valence-electron chi connectivity index (χ4n) is 4.05. The first kappa shape index (κ1) is 15.5. The van der Waals surface area contributed by atoms with Crippen LogP contribution in [-0.2, 0) is 22.4 Å². The number of amides is 1. The fraction of sp³-hybridized carbons (Fsp3) is 0.611. The molecule has 2 atom stereocenters. The third-order valence-corrected chi connectivity index (χ3v) is 4.91. The Kier molecular flexibility index (Phi) is 4.00. The van der Waals surface area contributed by atoms with Gasteiger partial charge in [-0.2, -0.15) is 0 Å². The lowest BCUT2D eigenvalue weighted by atomic mass is 9.90. The zero-order valence-electron chi connectivity index (χ0n) is 14.0. The number of carbonyl (C=O) groups excluding carboxylic acids is 1. The SMILES string of the molecule is C[C@@H]1CN(C2(C(=O)N(C)C)Cc3ccccc3C2)C[C@H](C)O1. The molecule has 1 aromatic rings. The molecular weight excluding hydrogens is 276 g/mol. The van der Waals surface area contributed by atoms with Gasteiger partial charge in [0.25, 0.3) is 0 Å². The van der Waals surface area contributed by atoms with E-state index in [4.69, 9.17) is 4.74 Å². The highest BCUT2D eigenvalue weighted by Gasteiger charge is 2.50.